The number of nitrogens with one attached hydrogen (secondary N) is 1. The van der Waals surface area contributed by atoms with Crippen LogP contribution in [0.5, 0.6) is 0 Å². The molecule has 142 valence electrons. The van der Waals surface area contributed by atoms with E-state index in [0.29, 0.717) is 13.0 Å². The lowest BCUT2D eigenvalue weighted by atomic mass is 9.75. The molecule has 2 amide bonds. The Morgan fingerprint density at radius 3 is 2.62 bits per heavy atom. The first-order valence-corrected chi connectivity index (χ1v) is 9.72. The van der Waals surface area contributed by atoms with E-state index >= 15 is 0 Å². The van der Waals surface area contributed by atoms with Gasteiger partial charge >= 0.3 is 5.97 Å². The fraction of sp³-hybridized carbons (Fsp3) is 0.667. The SMILES string of the molecule is CCN1C(=O)[C@H]2[C@@H](C1=O)[C@@](CC(C)C)(C(=O)OC)N[C@H]2c1cnc(C)s1. The van der Waals surface area contributed by atoms with Crippen molar-refractivity contribution in [3.63, 3.8) is 0 Å². The van der Waals surface area contributed by atoms with Crippen molar-refractivity contribution in [1.82, 2.24) is 15.2 Å². The molecule has 8 heteroatoms. The van der Waals surface area contributed by atoms with Crippen LogP contribution in [0.3, 0.4) is 0 Å². The van der Waals surface area contributed by atoms with Crippen molar-refractivity contribution in [2.24, 2.45) is 17.8 Å². The third-order valence-corrected chi connectivity index (χ3v) is 6.28. The van der Waals surface area contributed by atoms with Crippen LogP contribution in [0, 0.1) is 24.7 Å². The van der Waals surface area contributed by atoms with Gasteiger partial charge in [-0.1, -0.05) is 13.8 Å². The molecule has 0 radical (unpaired) electrons. The first-order chi connectivity index (χ1) is 12.3. The molecule has 0 spiro atoms. The standard InChI is InChI=1S/C18H25N3O4S/c1-6-21-15(22)12-13(16(21)23)18(7-9(2)3,17(24)25-5)20-14(12)11-8-19-10(4)26-11/h8-9,12-14,20H,6-7H2,1-5H3/t12-,13-,14-,18-/m0/s1. The minimum Gasteiger partial charge on any atom is -0.468 e. The molecule has 2 saturated heterocycles. The molecule has 1 aromatic heterocycles. The van der Waals surface area contributed by atoms with E-state index < -0.39 is 29.4 Å². The van der Waals surface area contributed by atoms with E-state index in [1.54, 1.807) is 13.1 Å². The van der Waals surface area contributed by atoms with Gasteiger partial charge in [-0.05, 0) is 26.2 Å². The molecule has 0 aromatic carbocycles. The topological polar surface area (TPSA) is 88.6 Å². The van der Waals surface area contributed by atoms with Crippen LogP contribution in [0.4, 0.5) is 0 Å². The Morgan fingerprint density at radius 2 is 2.12 bits per heavy atom. The number of aryl methyl sites for hydroxylation is 1. The number of carbonyl (C=O) groups is 3. The van der Waals surface area contributed by atoms with Gasteiger partial charge in [-0.15, -0.1) is 11.3 Å². The summed E-state index contributed by atoms with van der Waals surface area (Å²) in [5.41, 5.74) is -1.20. The molecule has 2 aliphatic rings. The zero-order valence-corrected chi connectivity index (χ0v) is 16.6. The number of likely N-dealkylation sites (tertiary alicyclic amines) is 1. The van der Waals surface area contributed by atoms with Gasteiger partial charge in [0.25, 0.3) is 0 Å². The Morgan fingerprint density at radius 1 is 1.42 bits per heavy atom. The van der Waals surface area contributed by atoms with Gasteiger partial charge in [-0.2, -0.15) is 0 Å². The smallest absolute Gasteiger partial charge is 0.326 e. The van der Waals surface area contributed by atoms with Crippen molar-refractivity contribution >= 4 is 29.1 Å². The van der Waals surface area contributed by atoms with E-state index in [4.69, 9.17) is 4.74 Å². The molecule has 1 aromatic rings. The number of fused-ring (bicyclic) bond motifs is 1. The number of esters is 1. The lowest BCUT2D eigenvalue weighted by Gasteiger charge is -2.33. The summed E-state index contributed by atoms with van der Waals surface area (Å²) in [6.45, 7) is 7.95. The number of hydrogen-bond acceptors (Lipinski definition) is 7. The minimum atomic E-state index is -1.20. The highest BCUT2D eigenvalue weighted by Crippen LogP contribution is 2.51. The van der Waals surface area contributed by atoms with Crippen molar-refractivity contribution in [2.75, 3.05) is 13.7 Å². The van der Waals surface area contributed by atoms with Crippen LogP contribution in [-0.2, 0) is 19.1 Å². The number of methoxy groups -OCH3 is 1. The van der Waals surface area contributed by atoms with Crippen LogP contribution in [0.15, 0.2) is 6.20 Å². The third kappa shape index (κ3) is 2.66. The van der Waals surface area contributed by atoms with Gasteiger partial charge in [-0.3, -0.25) is 24.6 Å². The molecule has 26 heavy (non-hydrogen) atoms. The first kappa shape index (κ1) is 19.0. The normalized spacial score (nSPS) is 31.0. The zero-order valence-electron chi connectivity index (χ0n) is 15.7. The quantitative estimate of drug-likeness (QED) is 0.618. The van der Waals surface area contributed by atoms with Crippen LogP contribution in [0.1, 0.15) is 43.1 Å². The summed E-state index contributed by atoms with van der Waals surface area (Å²) < 4.78 is 5.09. The molecule has 7 nitrogen and oxygen atoms in total. The number of amides is 2. The highest BCUT2D eigenvalue weighted by atomic mass is 32.1. The predicted molar refractivity (Wildman–Crippen MR) is 96.3 cm³/mol. The van der Waals surface area contributed by atoms with E-state index in [1.165, 1.54) is 23.3 Å². The number of hydrogen-bond donors (Lipinski definition) is 1. The van der Waals surface area contributed by atoms with Crippen molar-refractivity contribution in [1.29, 1.82) is 0 Å². The highest BCUT2D eigenvalue weighted by molar-refractivity contribution is 7.11. The maximum atomic E-state index is 13.1. The average molecular weight is 379 g/mol. The molecule has 3 rings (SSSR count). The summed E-state index contributed by atoms with van der Waals surface area (Å²) in [6, 6.07) is -0.419. The number of carbonyl (C=O) groups excluding carboxylic acids is 3. The maximum Gasteiger partial charge on any atom is 0.326 e. The second kappa shape index (κ2) is 6.74. The fourth-order valence-corrected chi connectivity index (χ4v) is 5.31. The van der Waals surface area contributed by atoms with Gasteiger partial charge in [0, 0.05) is 17.6 Å². The third-order valence-electron chi connectivity index (χ3n) is 5.29. The van der Waals surface area contributed by atoms with Gasteiger partial charge in [0.15, 0.2) is 0 Å². The van der Waals surface area contributed by atoms with Crippen LogP contribution >= 0.6 is 11.3 Å². The Balaban J connectivity index is 2.15. The van der Waals surface area contributed by atoms with Crippen molar-refractivity contribution in [3.8, 4) is 0 Å². The summed E-state index contributed by atoms with van der Waals surface area (Å²) in [7, 11) is 1.32. The molecule has 3 heterocycles. The monoisotopic (exact) mass is 379 g/mol. The molecule has 1 N–H and O–H groups in total. The number of imide groups is 1. The number of aromatic nitrogens is 1. The van der Waals surface area contributed by atoms with Crippen LogP contribution in [0.2, 0.25) is 0 Å². The number of thiazole rings is 1. The fourth-order valence-electron chi connectivity index (χ4n) is 4.42. The molecule has 0 aliphatic carbocycles. The second-order valence-electron chi connectivity index (χ2n) is 7.39. The van der Waals surface area contributed by atoms with Crippen molar-refractivity contribution < 1.29 is 19.1 Å². The summed E-state index contributed by atoms with van der Waals surface area (Å²) in [4.78, 5) is 45.4. The van der Waals surface area contributed by atoms with Gasteiger partial charge in [0.2, 0.25) is 11.8 Å². The van der Waals surface area contributed by atoms with Crippen LogP contribution in [-0.4, -0.2) is 46.9 Å². The Kier molecular flexibility index (Phi) is 4.92. The molecule has 2 aliphatic heterocycles. The molecular formula is C18H25N3O4S. The number of nitrogens with zero attached hydrogens (tertiary/aromatic N) is 2. The second-order valence-corrected chi connectivity index (χ2v) is 8.66. The largest absolute Gasteiger partial charge is 0.468 e. The van der Waals surface area contributed by atoms with E-state index in [2.05, 4.69) is 10.3 Å². The molecule has 0 bridgehead atoms. The lowest BCUT2D eigenvalue weighted by Crippen LogP contribution is -2.57. The predicted octanol–water partition coefficient (Wildman–Crippen LogP) is 1.67. The summed E-state index contributed by atoms with van der Waals surface area (Å²) >= 11 is 1.48. The summed E-state index contributed by atoms with van der Waals surface area (Å²) in [6.07, 6.45) is 2.15. The minimum absolute atomic E-state index is 0.141. The Hall–Kier alpha value is -1.80. The molecule has 4 atom stereocenters. The van der Waals surface area contributed by atoms with Crippen LogP contribution < -0.4 is 5.32 Å². The van der Waals surface area contributed by atoms with Gasteiger partial charge in [-0.25, -0.2) is 4.98 Å². The Labute approximate surface area is 157 Å². The number of ether oxygens (including phenoxy) is 1. The van der Waals surface area contributed by atoms with Gasteiger partial charge in [0.05, 0.1) is 30.0 Å². The van der Waals surface area contributed by atoms with E-state index in [-0.39, 0.29) is 17.7 Å². The Bertz CT molecular complexity index is 747. The molecule has 0 saturated carbocycles. The van der Waals surface area contributed by atoms with Gasteiger partial charge < -0.3 is 4.74 Å². The highest BCUT2D eigenvalue weighted by Gasteiger charge is 2.68. The maximum absolute atomic E-state index is 13.1. The van der Waals surface area contributed by atoms with Crippen molar-refractivity contribution in [3.05, 3.63) is 16.1 Å². The summed E-state index contributed by atoms with van der Waals surface area (Å²) in [5.74, 6) is -2.21. The van der Waals surface area contributed by atoms with E-state index in [0.717, 1.165) is 9.88 Å². The van der Waals surface area contributed by atoms with E-state index in [1.807, 2.05) is 20.8 Å². The van der Waals surface area contributed by atoms with Crippen molar-refractivity contribution in [2.45, 2.75) is 45.7 Å². The first-order valence-electron chi connectivity index (χ1n) is 8.90. The average Bonchev–Trinajstić information content (AvgIpc) is 3.22. The van der Waals surface area contributed by atoms with Gasteiger partial charge in [0.1, 0.15) is 5.54 Å². The number of rotatable bonds is 5. The zero-order chi connectivity index (χ0) is 19.2. The van der Waals surface area contributed by atoms with Crippen LogP contribution in [0.25, 0.3) is 0 Å². The molecule has 2 fully saturated rings. The molecular weight excluding hydrogens is 354 g/mol. The molecule has 0 unspecified atom stereocenters. The lowest BCUT2D eigenvalue weighted by molar-refractivity contribution is -0.155. The van der Waals surface area contributed by atoms with E-state index in [9.17, 15) is 14.4 Å². The summed E-state index contributed by atoms with van der Waals surface area (Å²) in [5, 5.41) is 4.23.